The van der Waals surface area contributed by atoms with Crippen molar-refractivity contribution >= 4 is 38.1 Å². The highest BCUT2D eigenvalue weighted by molar-refractivity contribution is 7.93. The van der Waals surface area contributed by atoms with E-state index in [0.29, 0.717) is 16.5 Å². The fraction of sp³-hybridized carbons (Fsp3) is 0.0588. The molecule has 1 heterocycles. The zero-order valence-electron chi connectivity index (χ0n) is 13.3. The Hall–Kier alpha value is -2.71. The van der Waals surface area contributed by atoms with E-state index in [4.69, 9.17) is 0 Å². The number of hydrogen-bond donors (Lipinski definition) is 2. The number of rotatable bonds is 5. The first kappa shape index (κ1) is 17.1. The number of nitrogens with zero attached hydrogens (tertiary/aromatic N) is 1. The van der Waals surface area contributed by atoms with Gasteiger partial charge in [-0.1, -0.05) is 30.3 Å². The van der Waals surface area contributed by atoms with E-state index in [9.17, 15) is 13.2 Å². The minimum Gasteiger partial charge on any atom is -0.326 e. The summed E-state index contributed by atoms with van der Waals surface area (Å²) in [7, 11) is -3.65. The molecule has 0 aliphatic rings. The SMILES string of the molecule is CC(=O)Nc1ccc(-c2csc(NS(=O)(=O)c3ccccc3)n2)cc1. The van der Waals surface area contributed by atoms with Crippen molar-refractivity contribution in [1.29, 1.82) is 0 Å². The van der Waals surface area contributed by atoms with Crippen LogP contribution in [0.5, 0.6) is 0 Å². The summed E-state index contributed by atoms with van der Waals surface area (Å²) in [5, 5.41) is 4.76. The minimum absolute atomic E-state index is 0.140. The molecule has 2 N–H and O–H groups in total. The van der Waals surface area contributed by atoms with Gasteiger partial charge in [-0.15, -0.1) is 11.3 Å². The summed E-state index contributed by atoms with van der Waals surface area (Å²) < 4.78 is 27.1. The summed E-state index contributed by atoms with van der Waals surface area (Å²) >= 11 is 1.21. The van der Waals surface area contributed by atoms with Gasteiger partial charge in [0.2, 0.25) is 5.91 Å². The fourth-order valence-corrected chi connectivity index (χ4v) is 4.15. The third-order valence-corrected chi connectivity index (χ3v) is 5.52. The molecular formula is C17H15N3O3S2. The number of benzene rings is 2. The highest BCUT2D eigenvalue weighted by Gasteiger charge is 2.16. The van der Waals surface area contributed by atoms with Crippen molar-refractivity contribution in [3.63, 3.8) is 0 Å². The van der Waals surface area contributed by atoms with E-state index in [-0.39, 0.29) is 10.8 Å². The summed E-state index contributed by atoms with van der Waals surface area (Å²) in [5.74, 6) is -0.140. The van der Waals surface area contributed by atoms with Gasteiger partial charge in [-0.2, -0.15) is 0 Å². The van der Waals surface area contributed by atoms with Crippen molar-refractivity contribution < 1.29 is 13.2 Å². The van der Waals surface area contributed by atoms with E-state index in [1.165, 1.54) is 30.4 Å². The summed E-state index contributed by atoms with van der Waals surface area (Å²) in [6.07, 6.45) is 0. The zero-order valence-corrected chi connectivity index (χ0v) is 14.9. The smallest absolute Gasteiger partial charge is 0.263 e. The number of nitrogens with one attached hydrogen (secondary N) is 2. The fourth-order valence-electron chi connectivity index (χ4n) is 2.15. The highest BCUT2D eigenvalue weighted by Crippen LogP contribution is 2.27. The Labute approximate surface area is 149 Å². The van der Waals surface area contributed by atoms with Gasteiger partial charge >= 0.3 is 0 Å². The molecule has 8 heteroatoms. The first-order valence-corrected chi connectivity index (χ1v) is 9.72. The average Bonchev–Trinajstić information content (AvgIpc) is 3.03. The molecule has 3 rings (SSSR count). The van der Waals surface area contributed by atoms with Crippen molar-refractivity contribution in [1.82, 2.24) is 4.98 Å². The second-order valence-corrected chi connectivity index (χ2v) is 7.76. The second kappa shape index (κ2) is 7.04. The van der Waals surface area contributed by atoms with E-state index >= 15 is 0 Å². The molecule has 0 unspecified atom stereocenters. The molecule has 1 amide bonds. The standard InChI is InChI=1S/C17H15N3O3S2/c1-12(21)18-14-9-7-13(8-10-14)16-11-24-17(19-16)20-25(22,23)15-5-3-2-4-6-15/h2-11H,1H3,(H,18,21)(H,19,20). The average molecular weight is 373 g/mol. The molecule has 0 saturated heterocycles. The maximum Gasteiger partial charge on any atom is 0.263 e. The molecule has 0 radical (unpaired) electrons. The number of thiazole rings is 1. The van der Waals surface area contributed by atoms with E-state index < -0.39 is 10.0 Å². The predicted molar refractivity (Wildman–Crippen MR) is 99.1 cm³/mol. The predicted octanol–water partition coefficient (Wildman–Crippen LogP) is 3.57. The van der Waals surface area contributed by atoms with Gasteiger partial charge in [0, 0.05) is 23.6 Å². The number of hydrogen-bond acceptors (Lipinski definition) is 5. The third-order valence-electron chi connectivity index (χ3n) is 3.28. The van der Waals surface area contributed by atoms with Crippen LogP contribution in [0.25, 0.3) is 11.3 Å². The molecule has 2 aromatic carbocycles. The van der Waals surface area contributed by atoms with Crippen molar-refractivity contribution in [2.24, 2.45) is 0 Å². The molecule has 0 spiro atoms. The molecule has 0 bridgehead atoms. The Morgan fingerprint density at radius 2 is 1.72 bits per heavy atom. The van der Waals surface area contributed by atoms with Crippen LogP contribution >= 0.6 is 11.3 Å². The number of carbonyl (C=O) groups excluding carboxylic acids is 1. The lowest BCUT2D eigenvalue weighted by atomic mass is 10.1. The Kier molecular flexibility index (Phi) is 4.82. The lowest BCUT2D eigenvalue weighted by Crippen LogP contribution is -2.12. The van der Waals surface area contributed by atoms with Gasteiger partial charge in [-0.05, 0) is 24.3 Å². The summed E-state index contributed by atoms with van der Waals surface area (Å²) in [6, 6.07) is 15.3. The van der Waals surface area contributed by atoms with Crippen molar-refractivity contribution in [3.8, 4) is 11.3 Å². The second-order valence-electron chi connectivity index (χ2n) is 5.21. The van der Waals surface area contributed by atoms with Gasteiger partial charge < -0.3 is 5.32 Å². The minimum atomic E-state index is -3.65. The first-order chi connectivity index (χ1) is 11.9. The van der Waals surface area contributed by atoms with Crippen LogP contribution in [0.15, 0.2) is 64.9 Å². The van der Waals surface area contributed by atoms with Crippen LogP contribution in [0.4, 0.5) is 10.8 Å². The number of sulfonamides is 1. The van der Waals surface area contributed by atoms with Crippen LogP contribution in [0.3, 0.4) is 0 Å². The van der Waals surface area contributed by atoms with Gasteiger partial charge in [0.15, 0.2) is 5.13 Å². The number of carbonyl (C=O) groups is 1. The Morgan fingerprint density at radius 3 is 2.36 bits per heavy atom. The van der Waals surface area contributed by atoms with Crippen molar-refractivity contribution in [2.75, 3.05) is 10.0 Å². The zero-order chi connectivity index (χ0) is 17.9. The molecule has 0 aliphatic heterocycles. The van der Waals surface area contributed by atoms with Gasteiger partial charge in [0.25, 0.3) is 10.0 Å². The van der Waals surface area contributed by atoms with Crippen molar-refractivity contribution in [2.45, 2.75) is 11.8 Å². The molecule has 1 aromatic heterocycles. The van der Waals surface area contributed by atoms with Gasteiger partial charge in [0.1, 0.15) is 0 Å². The molecular weight excluding hydrogens is 358 g/mol. The highest BCUT2D eigenvalue weighted by atomic mass is 32.2. The Morgan fingerprint density at radius 1 is 1.04 bits per heavy atom. The van der Waals surface area contributed by atoms with Gasteiger partial charge in [-0.3, -0.25) is 9.52 Å². The van der Waals surface area contributed by atoms with Crippen LogP contribution in [0, 0.1) is 0 Å². The quantitative estimate of drug-likeness (QED) is 0.716. The lowest BCUT2D eigenvalue weighted by Gasteiger charge is -2.04. The number of aromatic nitrogens is 1. The van der Waals surface area contributed by atoms with Crippen LogP contribution in [-0.2, 0) is 14.8 Å². The van der Waals surface area contributed by atoms with Crippen LogP contribution < -0.4 is 10.0 Å². The molecule has 0 aliphatic carbocycles. The largest absolute Gasteiger partial charge is 0.326 e. The van der Waals surface area contributed by atoms with E-state index in [1.807, 2.05) is 12.1 Å². The normalized spacial score (nSPS) is 11.1. The molecule has 3 aromatic rings. The third kappa shape index (κ3) is 4.23. The number of anilines is 2. The van der Waals surface area contributed by atoms with Crippen molar-refractivity contribution in [3.05, 3.63) is 60.0 Å². The Bertz CT molecular complexity index is 981. The molecule has 6 nitrogen and oxygen atoms in total. The molecule has 0 atom stereocenters. The Balaban J connectivity index is 1.77. The summed E-state index contributed by atoms with van der Waals surface area (Å²) in [6.45, 7) is 1.44. The lowest BCUT2D eigenvalue weighted by molar-refractivity contribution is -0.114. The maximum atomic E-state index is 12.3. The molecule has 128 valence electrons. The molecule has 0 saturated carbocycles. The van der Waals surface area contributed by atoms with Crippen LogP contribution in [0.2, 0.25) is 0 Å². The van der Waals surface area contributed by atoms with Crippen LogP contribution in [-0.4, -0.2) is 19.3 Å². The molecule has 25 heavy (non-hydrogen) atoms. The van der Waals surface area contributed by atoms with Gasteiger partial charge in [0.05, 0.1) is 10.6 Å². The van der Waals surface area contributed by atoms with E-state index in [0.717, 1.165) is 5.56 Å². The topological polar surface area (TPSA) is 88.2 Å². The first-order valence-electron chi connectivity index (χ1n) is 7.35. The van der Waals surface area contributed by atoms with Crippen LogP contribution in [0.1, 0.15) is 6.92 Å². The van der Waals surface area contributed by atoms with E-state index in [2.05, 4.69) is 15.0 Å². The maximum absolute atomic E-state index is 12.3. The van der Waals surface area contributed by atoms with Gasteiger partial charge in [-0.25, -0.2) is 13.4 Å². The van der Waals surface area contributed by atoms with E-state index in [1.54, 1.807) is 35.7 Å². The number of amides is 1. The monoisotopic (exact) mass is 373 g/mol. The molecule has 0 fully saturated rings. The summed E-state index contributed by atoms with van der Waals surface area (Å²) in [4.78, 5) is 15.5. The summed E-state index contributed by atoms with van der Waals surface area (Å²) in [5.41, 5.74) is 2.18.